The van der Waals surface area contributed by atoms with Crippen molar-refractivity contribution in [2.24, 2.45) is 0 Å². The molecule has 1 saturated heterocycles. The van der Waals surface area contributed by atoms with Crippen LogP contribution in [-0.4, -0.2) is 55.3 Å². The van der Waals surface area contributed by atoms with Gasteiger partial charge in [-0.3, -0.25) is 4.90 Å². The molecule has 2 heterocycles. The highest BCUT2D eigenvalue weighted by molar-refractivity contribution is 8.00. The first-order valence-electron chi connectivity index (χ1n) is 6.99. The summed E-state index contributed by atoms with van der Waals surface area (Å²) in [5, 5.41) is 12.0. The Morgan fingerprint density at radius 2 is 2.33 bits per heavy atom. The van der Waals surface area contributed by atoms with E-state index in [0.717, 1.165) is 12.8 Å². The van der Waals surface area contributed by atoms with E-state index in [0.29, 0.717) is 18.8 Å². The Morgan fingerprint density at radius 3 is 2.95 bits per heavy atom. The van der Waals surface area contributed by atoms with Gasteiger partial charge in [0.1, 0.15) is 6.04 Å². The Balaban J connectivity index is 1.91. The monoisotopic (exact) mass is 312 g/mol. The quantitative estimate of drug-likeness (QED) is 0.824. The van der Waals surface area contributed by atoms with Gasteiger partial charge >= 0.3 is 12.0 Å². The van der Waals surface area contributed by atoms with Gasteiger partial charge in [-0.1, -0.05) is 13.3 Å². The number of carboxylic acid groups (broad SMARTS) is 1. The first-order chi connectivity index (χ1) is 10.1. The number of carboxylic acids is 1. The smallest absolute Gasteiger partial charge is 0.327 e. The highest BCUT2D eigenvalue weighted by atomic mass is 32.2. The molecule has 2 unspecified atom stereocenters. The lowest BCUT2D eigenvalue weighted by Gasteiger charge is -2.27. The van der Waals surface area contributed by atoms with Gasteiger partial charge in [-0.25, -0.2) is 14.6 Å². The van der Waals surface area contributed by atoms with Crippen LogP contribution >= 0.6 is 11.8 Å². The molecular weight excluding hydrogens is 292 g/mol. The number of carbonyl (C=O) groups excluding carboxylic acids is 1. The second-order valence-corrected chi connectivity index (χ2v) is 6.08. The van der Waals surface area contributed by atoms with Crippen molar-refractivity contribution in [3.05, 3.63) is 18.7 Å². The molecule has 0 radical (unpaired) electrons. The Kier molecular flexibility index (Phi) is 5.49. The SMILES string of the molecule is CCCC1SCC(C(=O)O)N1C(=O)NCCn1ccnc1. The number of aromatic nitrogens is 2. The predicted molar refractivity (Wildman–Crippen MR) is 80.0 cm³/mol. The topological polar surface area (TPSA) is 87.5 Å². The number of thioether (sulfide) groups is 1. The zero-order valence-electron chi connectivity index (χ0n) is 11.9. The molecule has 21 heavy (non-hydrogen) atoms. The molecule has 0 aliphatic carbocycles. The average Bonchev–Trinajstić information content (AvgIpc) is 3.08. The number of urea groups is 1. The van der Waals surface area contributed by atoms with Crippen molar-refractivity contribution in [1.82, 2.24) is 19.8 Å². The molecular formula is C13H20N4O3S. The van der Waals surface area contributed by atoms with E-state index < -0.39 is 12.0 Å². The number of rotatable bonds is 6. The molecule has 2 atom stereocenters. The van der Waals surface area contributed by atoms with Crippen LogP contribution in [0.4, 0.5) is 4.79 Å². The first kappa shape index (κ1) is 15.7. The fourth-order valence-electron chi connectivity index (χ4n) is 2.30. The van der Waals surface area contributed by atoms with E-state index >= 15 is 0 Å². The number of nitrogens with zero attached hydrogens (tertiary/aromatic N) is 3. The highest BCUT2D eigenvalue weighted by Gasteiger charge is 2.40. The average molecular weight is 312 g/mol. The summed E-state index contributed by atoms with van der Waals surface area (Å²) in [4.78, 5) is 29.0. The number of amides is 2. The largest absolute Gasteiger partial charge is 0.480 e. The van der Waals surface area contributed by atoms with Gasteiger partial charge in [0.25, 0.3) is 0 Å². The maximum atomic E-state index is 12.3. The highest BCUT2D eigenvalue weighted by Crippen LogP contribution is 2.32. The Labute approximate surface area is 127 Å². The number of carbonyl (C=O) groups is 2. The third-order valence-electron chi connectivity index (χ3n) is 3.35. The van der Waals surface area contributed by atoms with Crippen molar-refractivity contribution in [1.29, 1.82) is 0 Å². The molecule has 2 N–H and O–H groups in total. The molecule has 1 aromatic heterocycles. The van der Waals surface area contributed by atoms with E-state index in [1.54, 1.807) is 24.3 Å². The summed E-state index contributed by atoms with van der Waals surface area (Å²) in [5.41, 5.74) is 0. The minimum absolute atomic E-state index is 0.0515. The van der Waals surface area contributed by atoms with Crippen molar-refractivity contribution in [3.63, 3.8) is 0 Å². The van der Waals surface area contributed by atoms with Crippen molar-refractivity contribution < 1.29 is 14.7 Å². The maximum Gasteiger partial charge on any atom is 0.327 e. The standard InChI is InChI=1S/C13H20N4O3S/c1-2-3-11-17(10(8-21-11)12(18)19)13(20)15-5-7-16-6-4-14-9-16/h4,6,9-11H,2-3,5,7-8H2,1H3,(H,15,20)(H,18,19). The normalized spacial score (nSPS) is 21.5. The van der Waals surface area contributed by atoms with Gasteiger partial charge in [0, 0.05) is 31.2 Å². The van der Waals surface area contributed by atoms with Gasteiger partial charge < -0.3 is 15.0 Å². The number of aliphatic carboxylic acids is 1. The maximum absolute atomic E-state index is 12.3. The molecule has 1 aliphatic heterocycles. The molecule has 1 aromatic rings. The second-order valence-electron chi connectivity index (χ2n) is 4.87. The van der Waals surface area contributed by atoms with Crippen LogP contribution < -0.4 is 5.32 Å². The fraction of sp³-hybridized carbons (Fsp3) is 0.615. The van der Waals surface area contributed by atoms with E-state index in [1.165, 1.54) is 4.90 Å². The third kappa shape index (κ3) is 3.90. The molecule has 2 rings (SSSR count). The van der Waals surface area contributed by atoms with Crippen molar-refractivity contribution in [3.8, 4) is 0 Å². The molecule has 0 bridgehead atoms. The number of imidazole rings is 1. The van der Waals surface area contributed by atoms with Crippen LogP contribution in [0, 0.1) is 0 Å². The van der Waals surface area contributed by atoms with E-state index in [2.05, 4.69) is 10.3 Å². The lowest BCUT2D eigenvalue weighted by molar-refractivity contribution is -0.141. The molecule has 116 valence electrons. The number of hydrogen-bond acceptors (Lipinski definition) is 4. The Hall–Kier alpha value is -1.70. The van der Waals surface area contributed by atoms with Crippen molar-refractivity contribution in [2.75, 3.05) is 12.3 Å². The van der Waals surface area contributed by atoms with Crippen LogP contribution in [0.3, 0.4) is 0 Å². The van der Waals surface area contributed by atoms with Crippen molar-refractivity contribution in [2.45, 2.75) is 37.7 Å². The summed E-state index contributed by atoms with van der Waals surface area (Å²) in [6.45, 7) is 3.09. The molecule has 0 aromatic carbocycles. The first-order valence-corrected chi connectivity index (χ1v) is 8.04. The van der Waals surface area contributed by atoms with Crippen LogP contribution in [0.15, 0.2) is 18.7 Å². The third-order valence-corrected chi connectivity index (χ3v) is 4.71. The Bertz CT molecular complexity index is 480. The van der Waals surface area contributed by atoms with Crippen LogP contribution in [0.2, 0.25) is 0 Å². The van der Waals surface area contributed by atoms with E-state index in [9.17, 15) is 14.7 Å². The van der Waals surface area contributed by atoms with E-state index in [-0.39, 0.29) is 11.4 Å². The molecule has 7 nitrogen and oxygen atoms in total. The molecule has 1 aliphatic rings. The summed E-state index contributed by atoms with van der Waals surface area (Å²) < 4.78 is 1.86. The predicted octanol–water partition coefficient (Wildman–Crippen LogP) is 1.22. The summed E-state index contributed by atoms with van der Waals surface area (Å²) >= 11 is 1.54. The Morgan fingerprint density at radius 1 is 1.52 bits per heavy atom. The summed E-state index contributed by atoms with van der Waals surface area (Å²) in [6, 6.07) is -1.04. The summed E-state index contributed by atoms with van der Waals surface area (Å²) in [7, 11) is 0. The van der Waals surface area contributed by atoms with Gasteiger partial charge in [0.05, 0.1) is 11.7 Å². The van der Waals surface area contributed by atoms with Crippen LogP contribution in [0.25, 0.3) is 0 Å². The van der Waals surface area contributed by atoms with Crippen molar-refractivity contribution >= 4 is 23.8 Å². The van der Waals surface area contributed by atoms with E-state index in [1.807, 2.05) is 17.7 Å². The minimum atomic E-state index is -0.939. The molecule has 2 amide bonds. The van der Waals surface area contributed by atoms with Crippen LogP contribution in [0.1, 0.15) is 19.8 Å². The van der Waals surface area contributed by atoms with Gasteiger partial charge in [-0.05, 0) is 6.42 Å². The lowest BCUT2D eigenvalue weighted by atomic mass is 10.2. The van der Waals surface area contributed by atoms with Gasteiger partial charge in [-0.15, -0.1) is 11.8 Å². The fourth-order valence-corrected chi connectivity index (χ4v) is 3.81. The lowest BCUT2D eigenvalue weighted by Crippen LogP contribution is -2.50. The van der Waals surface area contributed by atoms with Gasteiger partial charge in [-0.2, -0.15) is 0 Å². The van der Waals surface area contributed by atoms with Gasteiger partial charge in [0.15, 0.2) is 0 Å². The number of hydrogen-bond donors (Lipinski definition) is 2. The zero-order valence-corrected chi connectivity index (χ0v) is 12.8. The van der Waals surface area contributed by atoms with E-state index in [4.69, 9.17) is 0 Å². The molecule has 0 spiro atoms. The number of nitrogens with one attached hydrogen (secondary N) is 1. The molecule has 1 fully saturated rings. The zero-order chi connectivity index (χ0) is 15.2. The second kappa shape index (κ2) is 7.35. The van der Waals surface area contributed by atoms with Crippen LogP contribution in [0.5, 0.6) is 0 Å². The van der Waals surface area contributed by atoms with Crippen LogP contribution in [-0.2, 0) is 11.3 Å². The molecule has 8 heteroatoms. The summed E-state index contributed by atoms with van der Waals surface area (Å²) in [6.07, 6.45) is 6.90. The summed E-state index contributed by atoms with van der Waals surface area (Å²) in [5.74, 6) is -0.486. The minimum Gasteiger partial charge on any atom is -0.480 e. The van der Waals surface area contributed by atoms with Gasteiger partial charge in [0.2, 0.25) is 0 Å². The molecule has 0 saturated carbocycles.